The molecule has 112 valence electrons. The van der Waals surface area contributed by atoms with Gasteiger partial charge in [0.1, 0.15) is 6.07 Å². The van der Waals surface area contributed by atoms with E-state index in [1.165, 1.54) is 0 Å². The molecule has 0 unspecified atom stereocenters. The summed E-state index contributed by atoms with van der Waals surface area (Å²) in [5.41, 5.74) is 2.48. The minimum absolute atomic E-state index is 0.00106. The van der Waals surface area contributed by atoms with Crippen molar-refractivity contribution in [3.63, 3.8) is 0 Å². The van der Waals surface area contributed by atoms with Crippen molar-refractivity contribution < 1.29 is 13.2 Å². The average molecular weight is 356 g/mol. The summed E-state index contributed by atoms with van der Waals surface area (Å²) in [5.74, 6) is -0.582. The molecule has 0 saturated heterocycles. The molecule has 4 N–H and O–H groups in total. The van der Waals surface area contributed by atoms with Gasteiger partial charge in [-0.05, 0) is 23.9 Å². The van der Waals surface area contributed by atoms with Crippen LogP contribution in [0.1, 0.15) is 0 Å². The van der Waals surface area contributed by atoms with Crippen LogP contribution in [-0.4, -0.2) is 17.1 Å². The van der Waals surface area contributed by atoms with Crippen LogP contribution in [0.3, 0.4) is 0 Å². The van der Waals surface area contributed by atoms with Gasteiger partial charge in [-0.15, -0.1) is 0 Å². The Bertz CT molecular complexity index is 616. The first kappa shape index (κ1) is 17.4. The van der Waals surface area contributed by atoms with Crippen LogP contribution in [0, 0.1) is 16.7 Å². The second kappa shape index (κ2) is 6.89. The maximum absolute atomic E-state index is 12.3. The highest BCUT2D eigenvalue weighted by atomic mass is 35.5. The number of amidine groups is 1. The Morgan fingerprint density at radius 2 is 1.90 bits per heavy atom. The highest BCUT2D eigenvalue weighted by Crippen LogP contribution is 2.41. The van der Waals surface area contributed by atoms with Gasteiger partial charge < -0.3 is 5.73 Å². The van der Waals surface area contributed by atoms with Crippen LogP contribution in [-0.2, 0) is 0 Å². The molecular weight excluding hydrogens is 350 g/mol. The number of nitrogens with zero attached hydrogens (tertiary/aromatic N) is 2. The first-order chi connectivity index (χ1) is 9.64. The van der Waals surface area contributed by atoms with Gasteiger partial charge in [0.05, 0.1) is 15.7 Å². The molecular formula is C10H6Cl2F3N5S. The number of nitrogens with two attached hydrogens (primary N) is 1. The van der Waals surface area contributed by atoms with Crippen molar-refractivity contribution in [3.05, 3.63) is 22.2 Å². The first-order valence-corrected chi connectivity index (χ1v) is 6.54. The second-order valence-electron chi connectivity index (χ2n) is 3.41. The summed E-state index contributed by atoms with van der Waals surface area (Å²) < 4.78 is 36.8. The van der Waals surface area contributed by atoms with E-state index in [9.17, 15) is 13.2 Å². The SMILES string of the molecule is N#C/C(=N\Nc1c(Cl)cc(SC(F)(F)F)cc1Cl)C(=N)N. The topological polar surface area (TPSA) is 98.0 Å². The van der Waals surface area contributed by atoms with Crippen molar-refractivity contribution >= 4 is 52.2 Å². The van der Waals surface area contributed by atoms with Gasteiger partial charge in [0.15, 0.2) is 5.84 Å². The van der Waals surface area contributed by atoms with Crippen LogP contribution >= 0.6 is 35.0 Å². The molecule has 0 aromatic heterocycles. The normalized spacial score (nSPS) is 11.9. The summed E-state index contributed by atoms with van der Waals surface area (Å²) in [4.78, 5) is -0.195. The molecule has 0 heterocycles. The fourth-order valence-corrected chi connectivity index (χ4v) is 2.43. The minimum Gasteiger partial charge on any atom is -0.382 e. The lowest BCUT2D eigenvalue weighted by molar-refractivity contribution is -0.0328. The van der Waals surface area contributed by atoms with Crippen molar-refractivity contribution in [2.45, 2.75) is 10.4 Å². The lowest BCUT2D eigenvalue weighted by atomic mass is 10.3. The number of thioether (sulfide) groups is 1. The summed E-state index contributed by atoms with van der Waals surface area (Å²) >= 11 is 11.2. The number of nitriles is 1. The lowest BCUT2D eigenvalue weighted by Gasteiger charge is -2.10. The van der Waals surface area contributed by atoms with Crippen LogP contribution in [0.15, 0.2) is 22.1 Å². The first-order valence-electron chi connectivity index (χ1n) is 4.97. The zero-order valence-electron chi connectivity index (χ0n) is 9.92. The zero-order valence-corrected chi connectivity index (χ0v) is 12.3. The van der Waals surface area contributed by atoms with Crippen molar-refractivity contribution in [3.8, 4) is 6.07 Å². The van der Waals surface area contributed by atoms with Gasteiger partial charge in [0.2, 0.25) is 5.71 Å². The molecule has 0 aliphatic heterocycles. The van der Waals surface area contributed by atoms with Crippen molar-refractivity contribution in [1.29, 1.82) is 10.7 Å². The lowest BCUT2D eigenvalue weighted by Crippen LogP contribution is -2.21. The number of rotatable bonds is 4. The quantitative estimate of drug-likeness (QED) is 0.330. The Hall–Kier alpha value is -1.63. The highest BCUT2D eigenvalue weighted by molar-refractivity contribution is 8.00. The van der Waals surface area contributed by atoms with Crippen LogP contribution in [0.2, 0.25) is 10.0 Å². The van der Waals surface area contributed by atoms with Gasteiger partial charge in [-0.25, -0.2) is 0 Å². The summed E-state index contributed by atoms with van der Waals surface area (Å²) in [6, 6.07) is 3.64. The van der Waals surface area contributed by atoms with E-state index in [4.69, 9.17) is 39.6 Å². The summed E-state index contributed by atoms with van der Waals surface area (Å²) in [6.45, 7) is 0. The molecule has 0 aliphatic rings. The Balaban J connectivity index is 3.07. The fraction of sp³-hybridized carbons (Fsp3) is 0.100. The zero-order chi connectivity index (χ0) is 16.2. The molecule has 1 aromatic carbocycles. The van der Waals surface area contributed by atoms with Crippen LogP contribution in [0.4, 0.5) is 18.9 Å². The van der Waals surface area contributed by atoms with Crippen LogP contribution < -0.4 is 11.2 Å². The Morgan fingerprint density at radius 3 is 2.29 bits per heavy atom. The Kier molecular flexibility index (Phi) is 5.71. The molecule has 11 heteroatoms. The molecule has 21 heavy (non-hydrogen) atoms. The van der Waals surface area contributed by atoms with Crippen molar-refractivity contribution in [2.24, 2.45) is 10.8 Å². The van der Waals surface area contributed by atoms with E-state index in [1.807, 2.05) is 0 Å². The number of benzene rings is 1. The molecule has 0 saturated carbocycles. The largest absolute Gasteiger partial charge is 0.446 e. The standard InChI is InChI=1S/C10H6Cl2F3N5S/c11-5-1-4(21-10(13,14)15)2-6(12)8(5)20-19-7(3-16)9(17)18/h1-2,20H,(H3,17,18)/b19-7+. The van der Waals surface area contributed by atoms with E-state index in [-0.39, 0.29) is 32.4 Å². The number of anilines is 1. The number of hydrogen-bond donors (Lipinski definition) is 3. The number of nitrogens with one attached hydrogen (secondary N) is 2. The van der Waals surface area contributed by atoms with Crippen molar-refractivity contribution in [2.75, 3.05) is 5.43 Å². The highest BCUT2D eigenvalue weighted by Gasteiger charge is 2.29. The molecule has 0 bridgehead atoms. The summed E-state index contributed by atoms with van der Waals surface area (Å²) in [7, 11) is 0. The van der Waals surface area contributed by atoms with Crippen LogP contribution in [0.5, 0.6) is 0 Å². The fourth-order valence-electron chi connectivity index (χ4n) is 1.11. The van der Waals surface area contributed by atoms with E-state index in [1.54, 1.807) is 6.07 Å². The third kappa shape index (κ3) is 5.34. The monoisotopic (exact) mass is 355 g/mol. The van der Waals surface area contributed by atoms with Crippen LogP contribution in [0.25, 0.3) is 0 Å². The van der Waals surface area contributed by atoms with E-state index in [0.717, 1.165) is 12.1 Å². The van der Waals surface area contributed by atoms with Gasteiger partial charge in [0.25, 0.3) is 0 Å². The summed E-state index contributed by atoms with van der Waals surface area (Å²) in [5, 5.41) is 18.9. The van der Waals surface area contributed by atoms with Crippen molar-refractivity contribution in [1.82, 2.24) is 0 Å². The predicted molar refractivity (Wildman–Crippen MR) is 77.0 cm³/mol. The molecule has 0 atom stereocenters. The third-order valence-electron chi connectivity index (χ3n) is 1.89. The summed E-state index contributed by atoms with van der Waals surface area (Å²) in [6.07, 6.45) is 0. The van der Waals surface area contributed by atoms with Gasteiger partial charge >= 0.3 is 5.51 Å². The molecule has 0 amide bonds. The third-order valence-corrected chi connectivity index (χ3v) is 3.19. The molecule has 0 aliphatic carbocycles. The second-order valence-corrected chi connectivity index (χ2v) is 5.36. The Morgan fingerprint density at radius 1 is 1.38 bits per heavy atom. The van der Waals surface area contributed by atoms with E-state index in [2.05, 4.69) is 10.5 Å². The number of halogens is 5. The molecule has 5 nitrogen and oxygen atoms in total. The van der Waals surface area contributed by atoms with Gasteiger partial charge in [-0.2, -0.15) is 23.5 Å². The molecule has 0 fully saturated rings. The van der Waals surface area contributed by atoms with Gasteiger partial charge in [-0.3, -0.25) is 10.8 Å². The molecule has 0 radical (unpaired) electrons. The van der Waals surface area contributed by atoms with E-state index < -0.39 is 17.1 Å². The average Bonchev–Trinajstić information content (AvgIpc) is 2.30. The number of hydrazone groups is 1. The number of alkyl halides is 3. The van der Waals surface area contributed by atoms with Gasteiger partial charge in [0, 0.05) is 4.90 Å². The Labute approximate surface area is 131 Å². The van der Waals surface area contributed by atoms with Gasteiger partial charge in [-0.1, -0.05) is 23.2 Å². The minimum atomic E-state index is -4.47. The number of hydrogen-bond acceptors (Lipinski definition) is 5. The molecule has 0 spiro atoms. The molecule has 1 rings (SSSR count). The maximum atomic E-state index is 12.3. The predicted octanol–water partition coefficient (Wildman–Crippen LogP) is 3.83. The molecule has 1 aromatic rings. The smallest absolute Gasteiger partial charge is 0.382 e. The maximum Gasteiger partial charge on any atom is 0.446 e. The van der Waals surface area contributed by atoms with E-state index >= 15 is 0 Å². The van der Waals surface area contributed by atoms with E-state index in [0.29, 0.717) is 0 Å².